The Labute approximate surface area is 74.6 Å². The van der Waals surface area contributed by atoms with Crippen molar-refractivity contribution in [3.63, 3.8) is 0 Å². The number of azide groups is 1. The van der Waals surface area contributed by atoms with Gasteiger partial charge in [-0.15, -0.1) is 0 Å². The van der Waals surface area contributed by atoms with Gasteiger partial charge in [0.05, 0.1) is 6.54 Å². The Kier molecular flexibility index (Phi) is 3.35. The highest BCUT2D eigenvalue weighted by molar-refractivity contribution is 5.47. The van der Waals surface area contributed by atoms with E-state index in [1.54, 1.807) is 24.3 Å². The minimum Gasteiger partial charge on any atom is -0.428 e. The van der Waals surface area contributed by atoms with Gasteiger partial charge < -0.3 is 4.74 Å². The molecule has 0 spiro atoms. The molecular weight excluding hydrogens is 170 g/mol. The molecule has 0 atom stereocenters. The highest BCUT2D eigenvalue weighted by Gasteiger charge is 1.99. The van der Waals surface area contributed by atoms with Crippen LogP contribution in [0.15, 0.2) is 29.4 Å². The van der Waals surface area contributed by atoms with Gasteiger partial charge in [-0.1, -0.05) is 23.3 Å². The fourth-order valence-corrected chi connectivity index (χ4v) is 0.909. The molecule has 0 saturated carbocycles. The Morgan fingerprint density at radius 3 is 3.00 bits per heavy atom. The summed E-state index contributed by atoms with van der Waals surface area (Å²) in [5, 5.41) is 3.37. The molecule has 0 saturated heterocycles. The highest BCUT2D eigenvalue weighted by Crippen LogP contribution is 2.17. The van der Waals surface area contributed by atoms with Crippen LogP contribution in [0.3, 0.4) is 0 Å². The molecule has 1 rings (SSSR count). The number of carbonyl (C=O) groups is 1. The first kappa shape index (κ1) is 9.09. The Balaban J connectivity index is 2.89. The summed E-state index contributed by atoms with van der Waals surface area (Å²) in [5.41, 5.74) is 8.78. The van der Waals surface area contributed by atoms with Gasteiger partial charge >= 0.3 is 0 Å². The molecule has 0 aromatic heterocycles. The Morgan fingerprint density at radius 2 is 2.31 bits per heavy atom. The second-order valence-electron chi connectivity index (χ2n) is 2.21. The van der Waals surface area contributed by atoms with Crippen molar-refractivity contribution in [2.24, 2.45) is 5.11 Å². The van der Waals surface area contributed by atoms with Crippen molar-refractivity contribution in [3.05, 3.63) is 40.3 Å². The minimum absolute atomic E-state index is 0.181. The van der Waals surface area contributed by atoms with E-state index >= 15 is 0 Å². The van der Waals surface area contributed by atoms with Crippen LogP contribution in [0.2, 0.25) is 0 Å². The lowest BCUT2D eigenvalue weighted by Crippen LogP contribution is -1.93. The van der Waals surface area contributed by atoms with E-state index in [4.69, 9.17) is 5.53 Å². The molecule has 0 aliphatic rings. The lowest BCUT2D eigenvalue weighted by atomic mass is 10.2. The molecule has 0 amide bonds. The number of nitrogens with zero attached hydrogens (tertiary/aromatic N) is 3. The van der Waals surface area contributed by atoms with E-state index in [0.29, 0.717) is 17.8 Å². The standard InChI is InChI=1S/C8H7N3O2/c9-11-10-5-7-3-1-2-4-8(7)13-6-12/h1-4,6H,5H2. The first-order valence-electron chi connectivity index (χ1n) is 3.57. The summed E-state index contributed by atoms with van der Waals surface area (Å²) in [4.78, 5) is 12.7. The highest BCUT2D eigenvalue weighted by atomic mass is 16.5. The van der Waals surface area contributed by atoms with E-state index in [1.807, 2.05) is 0 Å². The van der Waals surface area contributed by atoms with Gasteiger partial charge in [0.1, 0.15) is 5.75 Å². The molecule has 13 heavy (non-hydrogen) atoms. The summed E-state index contributed by atoms with van der Waals surface area (Å²) >= 11 is 0. The maximum Gasteiger partial charge on any atom is 0.298 e. The molecule has 66 valence electrons. The van der Waals surface area contributed by atoms with Crippen molar-refractivity contribution in [1.29, 1.82) is 0 Å². The quantitative estimate of drug-likeness (QED) is 0.305. The van der Waals surface area contributed by atoms with Crippen LogP contribution >= 0.6 is 0 Å². The monoisotopic (exact) mass is 177 g/mol. The van der Waals surface area contributed by atoms with E-state index in [2.05, 4.69) is 14.8 Å². The van der Waals surface area contributed by atoms with Crippen molar-refractivity contribution in [3.8, 4) is 5.75 Å². The van der Waals surface area contributed by atoms with Gasteiger partial charge in [-0.2, -0.15) is 0 Å². The lowest BCUT2D eigenvalue weighted by Gasteiger charge is -2.02. The van der Waals surface area contributed by atoms with Crippen LogP contribution in [-0.4, -0.2) is 6.47 Å². The Morgan fingerprint density at radius 1 is 1.54 bits per heavy atom. The summed E-state index contributed by atoms with van der Waals surface area (Å²) < 4.78 is 4.67. The van der Waals surface area contributed by atoms with Gasteiger partial charge in [0.15, 0.2) is 0 Å². The van der Waals surface area contributed by atoms with E-state index in [-0.39, 0.29) is 6.54 Å². The van der Waals surface area contributed by atoms with Gasteiger partial charge in [-0.05, 0) is 11.6 Å². The second-order valence-corrected chi connectivity index (χ2v) is 2.21. The molecule has 0 unspecified atom stereocenters. The molecule has 1 aromatic carbocycles. The van der Waals surface area contributed by atoms with Crippen LogP contribution in [0.1, 0.15) is 5.56 Å². The predicted octanol–water partition coefficient (Wildman–Crippen LogP) is 2.03. The average Bonchev–Trinajstić information content (AvgIpc) is 2.17. The zero-order valence-corrected chi connectivity index (χ0v) is 6.75. The van der Waals surface area contributed by atoms with E-state index in [9.17, 15) is 4.79 Å². The number of hydrogen-bond acceptors (Lipinski definition) is 3. The molecule has 0 bridgehead atoms. The van der Waals surface area contributed by atoms with Gasteiger partial charge in [-0.3, -0.25) is 4.79 Å². The number of rotatable bonds is 4. The minimum atomic E-state index is 0.181. The Hall–Kier alpha value is -2.00. The molecule has 0 fully saturated rings. The van der Waals surface area contributed by atoms with Crippen LogP contribution in [0.25, 0.3) is 10.4 Å². The lowest BCUT2D eigenvalue weighted by molar-refractivity contribution is -0.120. The molecular formula is C8H7N3O2. The van der Waals surface area contributed by atoms with Crippen LogP contribution < -0.4 is 4.74 Å². The number of hydrogen-bond donors (Lipinski definition) is 0. The van der Waals surface area contributed by atoms with Gasteiger partial charge in [0.25, 0.3) is 6.47 Å². The van der Waals surface area contributed by atoms with Crippen molar-refractivity contribution in [2.45, 2.75) is 6.54 Å². The molecule has 1 aromatic rings. The SMILES string of the molecule is [N-]=[N+]=NCc1ccccc1OC=O. The Bertz CT molecular complexity index is 345. The smallest absolute Gasteiger partial charge is 0.298 e. The maximum absolute atomic E-state index is 10.1. The summed E-state index contributed by atoms with van der Waals surface area (Å²) in [7, 11) is 0. The summed E-state index contributed by atoms with van der Waals surface area (Å²) in [5.74, 6) is 0.421. The van der Waals surface area contributed by atoms with Crippen LogP contribution in [0, 0.1) is 0 Å². The summed E-state index contributed by atoms with van der Waals surface area (Å²) in [6.07, 6.45) is 0. The summed E-state index contributed by atoms with van der Waals surface area (Å²) in [6, 6.07) is 6.88. The van der Waals surface area contributed by atoms with Crippen molar-refractivity contribution < 1.29 is 9.53 Å². The molecule has 0 heterocycles. The average molecular weight is 177 g/mol. The normalized spacial score (nSPS) is 8.62. The van der Waals surface area contributed by atoms with Crippen LogP contribution in [-0.2, 0) is 11.3 Å². The third kappa shape index (κ3) is 2.50. The predicted molar refractivity (Wildman–Crippen MR) is 46.0 cm³/mol. The first-order chi connectivity index (χ1) is 6.38. The number of ether oxygens (including phenoxy) is 1. The van der Waals surface area contributed by atoms with Crippen molar-refractivity contribution >= 4 is 6.47 Å². The van der Waals surface area contributed by atoms with Crippen LogP contribution in [0.5, 0.6) is 5.75 Å². The van der Waals surface area contributed by atoms with Crippen molar-refractivity contribution in [1.82, 2.24) is 0 Å². The molecule has 5 nitrogen and oxygen atoms in total. The van der Waals surface area contributed by atoms with E-state index in [0.717, 1.165) is 0 Å². The number of para-hydroxylation sites is 1. The van der Waals surface area contributed by atoms with Gasteiger partial charge in [0, 0.05) is 10.5 Å². The zero-order chi connectivity index (χ0) is 9.52. The number of carbonyl (C=O) groups excluding carboxylic acids is 1. The summed E-state index contributed by atoms with van der Waals surface area (Å²) in [6.45, 7) is 0.523. The van der Waals surface area contributed by atoms with Crippen molar-refractivity contribution in [2.75, 3.05) is 0 Å². The second kappa shape index (κ2) is 4.79. The fourth-order valence-electron chi connectivity index (χ4n) is 0.909. The topological polar surface area (TPSA) is 75.1 Å². The number of benzene rings is 1. The van der Waals surface area contributed by atoms with E-state index in [1.165, 1.54) is 0 Å². The molecule has 0 aliphatic carbocycles. The fraction of sp³-hybridized carbons (Fsp3) is 0.125. The van der Waals surface area contributed by atoms with E-state index < -0.39 is 0 Å². The van der Waals surface area contributed by atoms with Crippen LogP contribution in [0.4, 0.5) is 0 Å². The third-order valence-electron chi connectivity index (χ3n) is 1.45. The first-order valence-corrected chi connectivity index (χ1v) is 3.57. The third-order valence-corrected chi connectivity index (χ3v) is 1.45. The van der Waals surface area contributed by atoms with Gasteiger partial charge in [-0.25, -0.2) is 0 Å². The molecule has 0 radical (unpaired) electrons. The largest absolute Gasteiger partial charge is 0.428 e. The molecule has 5 heteroatoms. The molecule has 0 aliphatic heterocycles. The maximum atomic E-state index is 10.1. The van der Waals surface area contributed by atoms with Gasteiger partial charge in [0.2, 0.25) is 0 Å². The molecule has 0 N–H and O–H groups in total. The zero-order valence-electron chi connectivity index (χ0n) is 6.75.